The Hall–Kier alpha value is -0.780. The highest BCUT2D eigenvalue weighted by Crippen LogP contribution is 2.21. The van der Waals surface area contributed by atoms with E-state index in [1.165, 1.54) is 27.8 Å². The predicted molar refractivity (Wildman–Crippen MR) is 54.5 cm³/mol. The van der Waals surface area contributed by atoms with Crippen molar-refractivity contribution >= 4 is 0 Å². The van der Waals surface area contributed by atoms with Gasteiger partial charge in [0.2, 0.25) is 0 Å². The van der Waals surface area contributed by atoms with Gasteiger partial charge in [-0.15, -0.1) is 0 Å². The highest BCUT2D eigenvalue weighted by Gasteiger charge is 2.04. The van der Waals surface area contributed by atoms with Crippen LogP contribution in [0.25, 0.3) is 0 Å². The number of rotatable bonds is 1. The van der Waals surface area contributed by atoms with Crippen LogP contribution in [0.2, 0.25) is 0 Å². The van der Waals surface area contributed by atoms with Crippen LogP contribution in [0.5, 0.6) is 0 Å². The maximum Gasteiger partial charge on any atom is -0.0121 e. The van der Waals surface area contributed by atoms with E-state index in [9.17, 15) is 0 Å². The van der Waals surface area contributed by atoms with Crippen molar-refractivity contribution in [2.45, 2.75) is 34.6 Å². The van der Waals surface area contributed by atoms with Gasteiger partial charge in [-0.05, 0) is 61.9 Å². The minimum absolute atomic E-state index is 1.37. The molecule has 12 heavy (non-hydrogen) atoms. The molecule has 1 rings (SSSR count). The van der Waals surface area contributed by atoms with Crippen molar-refractivity contribution in [2.24, 2.45) is 0 Å². The minimum atomic E-state index is 1.37. The van der Waals surface area contributed by atoms with Gasteiger partial charge in [-0.1, -0.05) is 13.0 Å². The Kier molecular flexibility index (Phi) is 2.56. The fourth-order valence-electron chi connectivity index (χ4n) is 1.54. The van der Waals surface area contributed by atoms with Crippen molar-refractivity contribution in [2.75, 3.05) is 0 Å². The van der Waals surface area contributed by atoms with Gasteiger partial charge in [-0.3, -0.25) is 0 Å². The lowest BCUT2D eigenvalue weighted by atomic mass is 9.94. The Morgan fingerprint density at radius 2 is 1.50 bits per heavy atom. The van der Waals surface area contributed by atoms with Crippen molar-refractivity contribution in [1.82, 2.24) is 0 Å². The number of aryl methyl sites for hydroxylation is 1. The normalized spacial score (nSPS) is 10.4. The second kappa shape index (κ2) is 3.30. The summed E-state index contributed by atoms with van der Waals surface area (Å²) in [5.74, 6) is 0. The number of benzene rings is 1. The van der Waals surface area contributed by atoms with E-state index in [-0.39, 0.29) is 0 Å². The van der Waals surface area contributed by atoms with Crippen molar-refractivity contribution in [3.05, 3.63) is 40.3 Å². The zero-order valence-corrected chi connectivity index (χ0v) is 8.65. The molecule has 0 spiro atoms. The molecule has 0 aliphatic rings. The fraction of sp³-hybridized carbons (Fsp3) is 0.417. The third kappa shape index (κ3) is 1.38. The second-order valence-electron chi connectivity index (χ2n) is 3.45. The molecule has 0 heterocycles. The molecule has 0 saturated carbocycles. The third-order valence-electron chi connectivity index (χ3n) is 2.83. The average molecular weight is 161 g/mol. The zero-order chi connectivity index (χ0) is 9.30. The molecular weight excluding hydrogens is 144 g/mol. The van der Waals surface area contributed by atoms with E-state index in [4.69, 9.17) is 0 Å². The molecule has 1 radical (unpaired) electrons. The Balaban J connectivity index is 3.39. The van der Waals surface area contributed by atoms with Crippen LogP contribution in [0, 0.1) is 34.1 Å². The topological polar surface area (TPSA) is 0 Å². The Bertz CT molecular complexity index is 295. The predicted octanol–water partition coefficient (Wildman–Crippen LogP) is 3.49. The first kappa shape index (κ1) is 9.31. The highest BCUT2D eigenvalue weighted by atomic mass is 14.1. The van der Waals surface area contributed by atoms with Gasteiger partial charge in [0.25, 0.3) is 0 Å². The lowest BCUT2D eigenvalue weighted by Gasteiger charge is -2.12. The van der Waals surface area contributed by atoms with Crippen LogP contribution in [-0.4, -0.2) is 0 Å². The largest absolute Gasteiger partial charge is 0.0578 e. The second-order valence-corrected chi connectivity index (χ2v) is 3.45. The van der Waals surface area contributed by atoms with Crippen LogP contribution in [0.3, 0.4) is 0 Å². The van der Waals surface area contributed by atoms with E-state index in [1.54, 1.807) is 0 Å². The summed E-state index contributed by atoms with van der Waals surface area (Å²) >= 11 is 0. The molecule has 0 atom stereocenters. The van der Waals surface area contributed by atoms with Gasteiger partial charge in [0.05, 0.1) is 0 Å². The van der Waals surface area contributed by atoms with Crippen LogP contribution in [0.4, 0.5) is 0 Å². The first-order valence-corrected chi connectivity index (χ1v) is 4.44. The summed E-state index contributed by atoms with van der Waals surface area (Å²) in [5, 5.41) is 0. The van der Waals surface area contributed by atoms with Gasteiger partial charge in [0.15, 0.2) is 0 Å². The van der Waals surface area contributed by atoms with E-state index in [0.717, 1.165) is 0 Å². The van der Waals surface area contributed by atoms with Gasteiger partial charge >= 0.3 is 0 Å². The maximum absolute atomic E-state index is 2.26. The summed E-state index contributed by atoms with van der Waals surface area (Å²) in [4.78, 5) is 0. The first-order chi connectivity index (χ1) is 5.57. The van der Waals surface area contributed by atoms with Gasteiger partial charge in [0.1, 0.15) is 0 Å². The Morgan fingerprint density at radius 3 is 2.00 bits per heavy atom. The van der Waals surface area contributed by atoms with Crippen LogP contribution in [0.1, 0.15) is 34.7 Å². The van der Waals surface area contributed by atoms with Crippen molar-refractivity contribution in [3.63, 3.8) is 0 Å². The van der Waals surface area contributed by atoms with Crippen LogP contribution in [-0.2, 0) is 0 Å². The molecule has 0 saturated heterocycles. The summed E-state index contributed by atoms with van der Waals surface area (Å²) in [6, 6.07) is 2.26. The third-order valence-corrected chi connectivity index (χ3v) is 2.83. The monoisotopic (exact) mass is 161 g/mol. The van der Waals surface area contributed by atoms with E-state index in [2.05, 4.69) is 47.1 Å². The molecule has 65 valence electrons. The summed E-state index contributed by atoms with van der Waals surface area (Å²) in [5.41, 5.74) is 7.05. The standard InChI is InChI=1S/C12H17/c1-6-12-7-8(2)9(3)10(4)11(12)5/h6-7H,1-5H3. The smallest absolute Gasteiger partial charge is 0.0121 e. The lowest BCUT2D eigenvalue weighted by Crippen LogP contribution is -1.95. The van der Waals surface area contributed by atoms with Crippen molar-refractivity contribution in [3.8, 4) is 0 Å². The molecule has 0 nitrogen and oxygen atoms in total. The van der Waals surface area contributed by atoms with E-state index >= 15 is 0 Å². The van der Waals surface area contributed by atoms with Gasteiger partial charge < -0.3 is 0 Å². The molecule has 0 fully saturated rings. The summed E-state index contributed by atoms with van der Waals surface area (Å²) < 4.78 is 0. The highest BCUT2D eigenvalue weighted by molar-refractivity contribution is 5.46. The molecular formula is C12H17. The summed E-state index contributed by atoms with van der Waals surface area (Å²) in [7, 11) is 0. The molecule has 0 aromatic heterocycles. The first-order valence-electron chi connectivity index (χ1n) is 4.44. The lowest BCUT2D eigenvalue weighted by molar-refractivity contribution is 1.18. The molecule has 1 aromatic rings. The number of hydrogen-bond donors (Lipinski definition) is 0. The average Bonchev–Trinajstić information content (AvgIpc) is 2.08. The summed E-state index contributed by atoms with van der Waals surface area (Å²) in [6.45, 7) is 10.9. The fourth-order valence-corrected chi connectivity index (χ4v) is 1.54. The molecule has 0 bridgehead atoms. The molecule has 0 aliphatic carbocycles. The number of hydrogen-bond acceptors (Lipinski definition) is 0. The van der Waals surface area contributed by atoms with Gasteiger partial charge in [-0.2, -0.15) is 0 Å². The summed E-state index contributed by atoms with van der Waals surface area (Å²) in [6.07, 6.45) is 2.18. The van der Waals surface area contributed by atoms with Crippen molar-refractivity contribution < 1.29 is 0 Å². The van der Waals surface area contributed by atoms with Crippen molar-refractivity contribution in [1.29, 1.82) is 0 Å². The zero-order valence-electron chi connectivity index (χ0n) is 8.65. The molecule has 0 unspecified atom stereocenters. The van der Waals surface area contributed by atoms with E-state index < -0.39 is 0 Å². The molecule has 0 N–H and O–H groups in total. The molecule has 0 aliphatic heterocycles. The molecule has 1 aromatic carbocycles. The molecule has 0 heteroatoms. The SMILES string of the molecule is C[CH]c1cc(C)c(C)c(C)c1C. The van der Waals surface area contributed by atoms with Crippen LogP contribution < -0.4 is 0 Å². The Morgan fingerprint density at radius 1 is 0.917 bits per heavy atom. The van der Waals surface area contributed by atoms with Gasteiger partial charge in [0, 0.05) is 0 Å². The Labute approximate surface area is 75.6 Å². The van der Waals surface area contributed by atoms with E-state index in [0.29, 0.717) is 0 Å². The maximum atomic E-state index is 2.26. The minimum Gasteiger partial charge on any atom is -0.0578 e. The van der Waals surface area contributed by atoms with Crippen LogP contribution >= 0.6 is 0 Å². The van der Waals surface area contributed by atoms with Crippen LogP contribution in [0.15, 0.2) is 6.07 Å². The van der Waals surface area contributed by atoms with E-state index in [1.807, 2.05) is 0 Å². The van der Waals surface area contributed by atoms with Gasteiger partial charge in [-0.25, -0.2) is 0 Å². The quantitative estimate of drug-likeness (QED) is 0.591. The molecule has 0 amide bonds.